The van der Waals surface area contributed by atoms with Crippen LogP contribution in [0.15, 0.2) is 0 Å². The molecular weight excluding hydrogens is 1220 g/mol. The van der Waals surface area contributed by atoms with Gasteiger partial charge in [0.15, 0.2) is 0 Å². The van der Waals surface area contributed by atoms with Gasteiger partial charge >= 0.3 is 29.8 Å². The number of carbonyl (C=O) groups excluding carboxylic acids is 5. The molecule has 0 aliphatic carbocycles. The Balaban J connectivity index is 2.51. The van der Waals surface area contributed by atoms with Gasteiger partial charge < -0.3 is 44.1 Å². The van der Waals surface area contributed by atoms with Crippen LogP contribution in [-0.2, 0) is 47.7 Å². The van der Waals surface area contributed by atoms with E-state index in [1.54, 1.807) is 0 Å². The Bertz CT molecular complexity index is 1700. The minimum Gasteiger partial charge on any atom is -0.466 e. The number of carbonyl (C=O) groups is 5. The highest BCUT2D eigenvalue weighted by molar-refractivity contribution is 8.76. The summed E-state index contributed by atoms with van der Waals surface area (Å²) in [4.78, 5) is 70.7. The van der Waals surface area contributed by atoms with Gasteiger partial charge in [0.2, 0.25) is 0 Å². The van der Waals surface area contributed by atoms with Crippen LogP contribution in [0.5, 0.6) is 0 Å². The quantitative estimate of drug-likeness (QED) is 0.0192. The number of unbranched alkanes of at least 4 members (excludes halogenated alkanes) is 12. The van der Waals surface area contributed by atoms with Crippen LogP contribution in [0.1, 0.15) is 267 Å². The van der Waals surface area contributed by atoms with Crippen molar-refractivity contribution >= 4 is 51.4 Å². The van der Waals surface area contributed by atoms with E-state index < -0.39 is 24.4 Å². The third-order valence-electron chi connectivity index (χ3n) is 18.0. The fourth-order valence-corrected chi connectivity index (χ4v) is 13.4. The average molecular weight is 1360 g/mol. The van der Waals surface area contributed by atoms with E-state index in [0.29, 0.717) is 154 Å². The van der Waals surface area contributed by atoms with Crippen LogP contribution in [0.25, 0.3) is 0 Å². The van der Waals surface area contributed by atoms with E-state index in [0.717, 1.165) is 198 Å². The van der Waals surface area contributed by atoms with E-state index in [1.165, 1.54) is 0 Å². The second kappa shape index (κ2) is 60.9. The highest BCUT2D eigenvalue weighted by atomic mass is 33.1. The molecule has 1 fully saturated rings. The first-order valence-electron chi connectivity index (χ1n) is 37.5. The van der Waals surface area contributed by atoms with Gasteiger partial charge in [-0.25, -0.2) is 0 Å². The molecule has 4 atom stereocenters. The van der Waals surface area contributed by atoms with Crippen molar-refractivity contribution in [3.63, 3.8) is 0 Å². The average Bonchev–Trinajstić information content (AvgIpc) is 3.70. The number of ether oxygens (including phenoxy) is 5. The highest BCUT2D eigenvalue weighted by Crippen LogP contribution is 2.23. The predicted octanol–water partition coefficient (Wildman–Crippen LogP) is 13.2. The first-order chi connectivity index (χ1) is 44.8. The summed E-state index contributed by atoms with van der Waals surface area (Å²) < 4.78 is 27.3. The summed E-state index contributed by atoms with van der Waals surface area (Å²) in [6.45, 7) is 28.0. The van der Waals surface area contributed by atoms with Crippen molar-refractivity contribution in [2.24, 2.45) is 23.7 Å². The van der Waals surface area contributed by atoms with Gasteiger partial charge in [-0.2, -0.15) is 0 Å². The molecule has 0 saturated carbocycles. The number of piperazine rings is 1. The first kappa shape index (κ1) is 88.7. The number of aliphatic hydroxyl groups excluding tert-OH is 4. The van der Waals surface area contributed by atoms with Gasteiger partial charge in [-0.05, 0) is 114 Å². The number of hydrogen-bond donors (Lipinski definition) is 4. The van der Waals surface area contributed by atoms with Crippen molar-refractivity contribution in [1.29, 1.82) is 0 Å². The Kier molecular flexibility index (Phi) is 58.1. The van der Waals surface area contributed by atoms with Crippen LogP contribution in [0, 0.1) is 23.7 Å². The molecule has 0 bridgehead atoms. The van der Waals surface area contributed by atoms with E-state index >= 15 is 0 Å². The maximum atomic E-state index is 13.0. The molecule has 4 N–H and O–H groups in total. The Morgan fingerprint density at radius 2 is 0.667 bits per heavy atom. The molecule has 0 radical (unpaired) electrons. The number of aliphatic hydroxyl groups is 4. The summed E-state index contributed by atoms with van der Waals surface area (Å²) in [5, 5.41) is 44.4. The fraction of sp³-hybridized carbons (Fsp3) is 0.932. The van der Waals surface area contributed by atoms with Gasteiger partial charge in [-0.1, -0.05) is 180 Å². The minimum atomic E-state index is -0.571. The molecule has 0 aromatic carbocycles. The number of nitrogens with zero attached hydrogens (tertiary/aromatic N) is 4. The summed E-state index contributed by atoms with van der Waals surface area (Å²) in [6, 6.07) is 0. The number of rotatable bonds is 65. The molecule has 548 valence electrons. The molecule has 0 aromatic rings. The lowest BCUT2D eigenvalue weighted by Gasteiger charge is -2.34. The number of hydrogen-bond acceptors (Lipinski definition) is 20. The monoisotopic (exact) mass is 1360 g/mol. The molecule has 1 aliphatic rings. The van der Waals surface area contributed by atoms with Crippen molar-refractivity contribution in [1.82, 2.24) is 19.6 Å². The fourth-order valence-electron chi connectivity index (χ4n) is 11.3. The van der Waals surface area contributed by atoms with Crippen LogP contribution >= 0.6 is 21.6 Å². The Morgan fingerprint density at radius 3 is 1.02 bits per heavy atom. The standard InChI is InChI=1S/C73H140N4O14S2/c1-9-63(10-2)59-90-72(85)37-27-19-15-23-31-65(78)55-76(56-66(79)32-24-16-20-28-38-73(86)91-60-64(11-3)12-4)42-29-39-71(84)89-52-48-74-44-46-75(47-45-74)49-54-93-92-53-30-43-77(57-67(80)33-21-13-17-25-35-69(82)87-50-40-61(5)6)58-68(81)34-22-14-18-26-36-70(83)88-51-41-62(7)8/h61-68,78-81H,9-60H2,1-8H3. The molecule has 93 heavy (non-hydrogen) atoms. The van der Waals surface area contributed by atoms with E-state index in [-0.39, 0.29) is 36.3 Å². The Hall–Kier alpha value is -2.27. The second-order valence-electron chi connectivity index (χ2n) is 27.5. The molecule has 0 amide bonds. The molecule has 20 heteroatoms. The summed E-state index contributed by atoms with van der Waals surface area (Å²) in [7, 11) is 3.79. The van der Waals surface area contributed by atoms with Gasteiger partial charge in [0.05, 0.1) is 50.8 Å². The molecular formula is C73H140N4O14S2. The zero-order chi connectivity index (χ0) is 68.5. The topological polar surface area (TPSA) is 225 Å². The van der Waals surface area contributed by atoms with E-state index in [1.807, 2.05) is 21.6 Å². The van der Waals surface area contributed by atoms with Crippen LogP contribution in [0.2, 0.25) is 0 Å². The summed E-state index contributed by atoms with van der Waals surface area (Å²) in [5.74, 6) is 3.12. The molecule has 4 unspecified atom stereocenters. The lowest BCUT2D eigenvalue weighted by molar-refractivity contribution is -0.146. The third-order valence-corrected chi connectivity index (χ3v) is 20.5. The molecule has 1 saturated heterocycles. The predicted molar refractivity (Wildman–Crippen MR) is 381 cm³/mol. The second-order valence-corrected chi connectivity index (χ2v) is 30.2. The zero-order valence-corrected chi connectivity index (χ0v) is 62.0. The normalized spacial score (nSPS) is 14.6. The molecule has 0 spiro atoms. The zero-order valence-electron chi connectivity index (χ0n) is 60.4. The van der Waals surface area contributed by atoms with Gasteiger partial charge in [0.25, 0.3) is 0 Å². The SMILES string of the molecule is CCC(CC)COC(=O)CCCCCCC(O)CN(CCCC(=O)OCCN1CCN(CCSSCCCN(CC(O)CCCCCCC(=O)OCCC(C)C)CC(O)CCCCCCC(=O)OCCC(C)C)CC1)CC(O)CCCCCCC(=O)OCC(CC)CC. The van der Waals surface area contributed by atoms with E-state index in [2.05, 4.69) is 75.0 Å². The van der Waals surface area contributed by atoms with Gasteiger partial charge in [-0.15, -0.1) is 0 Å². The van der Waals surface area contributed by atoms with Gasteiger partial charge in [0, 0.05) is 109 Å². The van der Waals surface area contributed by atoms with Crippen molar-refractivity contribution in [2.45, 2.75) is 292 Å². The summed E-state index contributed by atoms with van der Waals surface area (Å²) >= 11 is 0. The molecule has 1 aliphatic heterocycles. The lowest BCUT2D eigenvalue weighted by atomic mass is 10.1. The first-order valence-corrected chi connectivity index (χ1v) is 40.0. The molecule has 1 rings (SSSR count). The summed E-state index contributed by atoms with van der Waals surface area (Å²) in [6.07, 6.45) is 23.8. The Morgan fingerprint density at radius 1 is 0.366 bits per heavy atom. The van der Waals surface area contributed by atoms with E-state index in [9.17, 15) is 44.4 Å². The lowest BCUT2D eigenvalue weighted by Crippen LogP contribution is -2.47. The molecule has 0 aromatic heterocycles. The van der Waals surface area contributed by atoms with Crippen LogP contribution in [0.3, 0.4) is 0 Å². The van der Waals surface area contributed by atoms with Crippen molar-refractivity contribution < 1.29 is 68.1 Å². The van der Waals surface area contributed by atoms with Gasteiger partial charge in [0.1, 0.15) is 6.61 Å². The smallest absolute Gasteiger partial charge is 0.305 e. The maximum absolute atomic E-state index is 13.0. The molecule has 18 nitrogen and oxygen atoms in total. The Labute approximate surface area is 574 Å². The molecule has 1 heterocycles. The third kappa shape index (κ3) is 55.3. The van der Waals surface area contributed by atoms with Gasteiger partial charge in [-0.3, -0.25) is 43.6 Å². The van der Waals surface area contributed by atoms with E-state index in [4.69, 9.17) is 23.7 Å². The van der Waals surface area contributed by atoms with Crippen LogP contribution in [-0.4, -0.2) is 217 Å². The van der Waals surface area contributed by atoms with Crippen molar-refractivity contribution in [2.75, 3.05) is 123 Å². The maximum Gasteiger partial charge on any atom is 0.305 e. The van der Waals surface area contributed by atoms with Crippen LogP contribution in [0.4, 0.5) is 0 Å². The van der Waals surface area contributed by atoms with Crippen LogP contribution < -0.4 is 0 Å². The summed E-state index contributed by atoms with van der Waals surface area (Å²) in [5.41, 5.74) is 0. The number of esters is 5. The largest absolute Gasteiger partial charge is 0.466 e. The minimum absolute atomic E-state index is 0.123. The van der Waals surface area contributed by atoms with Crippen molar-refractivity contribution in [3.05, 3.63) is 0 Å². The highest BCUT2D eigenvalue weighted by Gasteiger charge is 2.21. The van der Waals surface area contributed by atoms with Crippen molar-refractivity contribution in [3.8, 4) is 0 Å².